The summed E-state index contributed by atoms with van der Waals surface area (Å²) in [5.74, 6) is -1.09. The molecule has 90 valence electrons. The van der Waals surface area contributed by atoms with Crippen molar-refractivity contribution in [2.24, 2.45) is 0 Å². The van der Waals surface area contributed by atoms with Gasteiger partial charge in [0.25, 0.3) is 0 Å². The highest BCUT2D eigenvalue weighted by molar-refractivity contribution is 5.90. The molecule has 0 radical (unpaired) electrons. The number of nitrogens with one attached hydrogen (secondary N) is 1. The van der Waals surface area contributed by atoms with Crippen LogP contribution in [0.25, 0.3) is 0 Å². The van der Waals surface area contributed by atoms with Gasteiger partial charge in [-0.05, 0) is 33.6 Å². The zero-order chi connectivity index (χ0) is 12.6. The lowest BCUT2D eigenvalue weighted by atomic mass is 10.1. The van der Waals surface area contributed by atoms with Gasteiger partial charge in [0, 0.05) is 0 Å². The molecule has 0 aromatic heterocycles. The van der Waals surface area contributed by atoms with E-state index in [1.807, 2.05) is 0 Å². The Hall–Kier alpha value is -1.52. The largest absolute Gasteiger partial charge is 0.478 e. The first kappa shape index (κ1) is 12.5. The molecular formula is C11H17NO4. The Bertz CT molecular complexity index is 336. The Morgan fingerprint density at radius 2 is 1.88 bits per heavy atom. The van der Waals surface area contributed by atoms with Crippen molar-refractivity contribution in [1.82, 2.24) is 5.32 Å². The third-order valence-electron chi connectivity index (χ3n) is 2.33. The molecule has 1 amide bonds. The highest BCUT2D eigenvalue weighted by Gasteiger charge is 2.49. The van der Waals surface area contributed by atoms with Gasteiger partial charge in [-0.25, -0.2) is 9.59 Å². The summed E-state index contributed by atoms with van der Waals surface area (Å²) in [6.07, 6.45) is 0.585. The molecule has 0 spiro atoms. The van der Waals surface area contributed by atoms with Crippen molar-refractivity contribution in [2.75, 3.05) is 0 Å². The average Bonchev–Trinajstić information content (AvgIpc) is 2.80. The summed E-state index contributed by atoms with van der Waals surface area (Å²) in [7, 11) is 0. The van der Waals surface area contributed by atoms with Crippen LogP contribution in [0.3, 0.4) is 0 Å². The van der Waals surface area contributed by atoms with Gasteiger partial charge in [-0.15, -0.1) is 0 Å². The summed E-state index contributed by atoms with van der Waals surface area (Å²) < 4.78 is 5.06. The van der Waals surface area contributed by atoms with Crippen LogP contribution >= 0.6 is 0 Å². The smallest absolute Gasteiger partial charge is 0.408 e. The van der Waals surface area contributed by atoms with Gasteiger partial charge >= 0.3 is 12.1 Å². The molecular weight excluding hydrogens is 210 g/mol. The van der Waals surface area contributed by atoms with E-state index in [0.717, 1.165) is 0 Å². The van der Waals surface area contributed by atoms with Crippen molar-refractivity contribution in [3.8, 4) is 0 Å². The summed E-state index contributed by atoms with van der Waals surface area (Å²) in [6.45, 7) is 8.71. The molecule has 0 atom stereocenters. The molecule has 0 unspecified atom stereocenters. The van der Waals surface area contributed by atoms with E-state index < -0.39 is 23.2 Å². The molecule has 1 fully saturated rings. The molecule has 0 saturated heterocycles. The molecule has 2 N–H and O–H groups in total. The van der Waals surface area contributed by atoms with E-state index >= 15 is 0 Å². The minimum atomic E-state index is -1.09. The summed E-state index contributed by atoms with van der Waals surface area (Å²) in [5.41, 5.74) is -1.38. The molecule has 5 nitrogen and oxygen atoms in total. The quantitative estimate of drug-likeness (QED) is 0.719. The highest BCUT2D eigenvalue weighted by atomic mass is 16.6. The molecule has 5 heteroatoms. The van der Waals surface area contributed by atoms with Crippen LogP contribution in [0.5, 0.6) is 0 Å². The van der Waals surface area contributed by atoms with Crippen LogP contribution in [-0.2, 0) is 9.53 Å². The maximum absolute atomic E-state index is 11.5. The first-order valence-electron chi connectivity index (χ1n) is 5.10. The Morgan fingerprint density at radius 1 is 1.38 bits per heavy atom. The standard InChI is InChI=1S/C11H17NO4/c1-7(8(13)14)11(5-6-11)12-9(15)16-10(2,3)4/h1,5-6H2,2-4H3,(H,12,15)(H,13,14). The fourth-order valence-electron chi connectivity index (χ4n) is 1.33. The molecule has 0 heterocycles. The first-order valence-corrected chi connectivity index (χ1v) is 5.10. The van der Waals surface area contributed by atoms with Gasteiger partial charge in [0.15, 0.2) is 0 Å². The summed E-state index contributed by atoms with van der Waals surface area (Å²) >= 11 is 0. The van der Waals surface area contributed by atoms with Crippen LogP contribution in [0.4, 0.5) is 4.79 Å². The van der Waals surface area contributed by atoms with Crippen molar-refractivity contribution in [3.05, 3.63) is 12.2 Å². The number of carbonyl (C=O) groups excluding carboxylic acids is 1. The van der Waals surface area contributed by atoms with E-state index in [9.17, 15) is 9.59 Å². The number of rotatable bonds is 3. The summed E-state index contributed by atoms with van der Waals surface area (Å²) in [5, 5.41) is 11.4. The second-order valence-electron chi connectivity index (χ2n) is 4.99. The van der Waals surface area contributed by atoms with E-state index in [-0.39, 0.29) is 5.57 Å². The van der Waals surface area contributed by atoms with Gasteiger partial charge in [-0.1, -0.05) is 6.58 Å². The summed E-state index contributed by atoms with van der Waals surface area (Å²) in [4.78, 5) is 22.2. The molecule has 0 aromatic carbocycles. The zero-order valence-corrected chi connectivity index (χ0v) is 9.79. The molecule has 0 bridgehead atoms. The van der Waals surface area contributed by atoms with Crippen molar-refractivity contribution in [3.63, 3.8) is 0 Å². The monoisotopic (exact) mass is 227 g/mol. The minimum absolute atomic E-state index is 0.0124. The van der Waals surface area contributed by atoms with Gasteiger partial charge in [0.2, 0.25) is 0 Å². The molecule has 1 aliphatic rings. The third kappa shape index (κ3) is 2.98. The number of hydrogen-bond acceptors (Lipinski definition) is 3. The Kier molecular flexibility index (Phi) is 2.99. The second-order valence-corrected chi connectivity index (χ2v) is 4.99. The molecule has 0 aliphatic heterocycles. The normalized spacial score (nSPS) is 17.4. The lowest BCUT2D eigenvalue weighted by Crippen LogP contribution is -2.43. The number of amides is 1. The topological polar surface area (TPSA) is 75.6 Å². The van der Waals surface area contributed by atoms with E-state index in [0.29, 0.717) is 12.8 Å². The second kappa shape index (κ2) is 3.81. The number of aliphatic carboxylic acids is 1. The SMILES string of the molecule is C=C(C(=O)O)C1(NC(=O)OC(C)(C)C)CC1. The number of carbonyl (C=O) groups is 2. The van der Waals surface area contributed by atoms with E-state index in [2.05, 4.69) is 11.9 Å². The van der Waals surface area contributed by atoms with Gasteiger partial charge in [0.1, 0.15) is 5.60 Å². The predicted octanol–water partition coefficient (Wildman–Crippen LogP) is 1.68. The number of carboxylic acid groups (broad SMARTS) is 1. The van der Waals surface area contributed by atoms with Crippen molar-refractivity contribution in [1.29, 1.82) is 0 Å². The molecule has 0 aromatic rings. The fourth-order valence-corrected chi connectivity index (χ4v) is 1.33. The minimum Gasteiger partial charge on any atom is -0.478 e. The predicted molar refractivity (Wildman–Crippen MR) is 58.1 cm³/mol. The number of carboxylic acids is 1. The maximum Gasteiger partial charge on any atom is 0.408 e. The zero-order valence-electron chi connectivity index (χ0n) is 9.79. The molecule has 1 saturated carbocycles. The lowest BCUT2D eigenvalue weighted by Gasteiger charge is -2.23. The van der Waals surface area contributed by atoms with Gasteiger partial charge in [-0.2, -0.15) is 0 Å². The Morgan fingerprint density at radius 3 is 2.19 bits per heavy atom. The van der Waals surface area contributed by atoms with Gasteiger partial charge in [0.05, 0.1) is 11.1 Å². The van der Waals surface area contributed by atoms with Crippen molar-refractivity contribution < 1.29 is 19.4 Å². The average molecular weight is 227 g/mol. The van der Waals surface area contributed by atoms with Crippen LogP contribution < -0.4 is 5.32 Å². The van der Waals surface area contributed by atoms with E-state index in [4.69, 9.17) is 9.84 Å². The fraction of sp³-hybridized carbons (Fsp3) is 0.636. The number of hydrogen-bond donors (Lipinski definition) is 2. The number of alkyl carbamates (subject to hydrolysis) is 1. The Labute approximate surface area is 94.5 Å². The van der Waals surface area contributed by atoms with Crippen LogP contribution in [0.2, 0.25) is 0 Å². The van der Waals surface area contributed by atoms with Crippen LogP contribution in [-0.4, -0.2) is 28.3 Å². The summed E-state index contributed by atoms with van der Waals surface area (Å²) in [6, 6.07) is 0. The third-order valence-corrected chi connectivity index (χ3v) is 2.33. The molecule has 16 heavy (non-hydrogen) atoms. The van der Waals surface area contributed by atoms with Crippen LogP contribution in [0.15, 0.2) is 12.2 Å². The van der Waals surface area contributed by atoms with E-state index in [1.165, 1.54) is 0 Å². The number of ether oxygens (including phenoxy) is 1. The van der Waals surface area contributed by atoms with Crippen LogP contribution in [0.1, 0.15) is 33.6 Å². The Balaban J connectivity index is 2.58. The van der Waals surface area contributed by atoms with Crippen molar-refractivity contribution in [2.45, 2.75) is 44.8 Å². The van der Waals surface area contributed by atoms with E-state index in [1.54, 1.807) is 20.8 Å². The molecule has 1 aliphatic carbocycles. The van der Waals surface area contributed by atoms with Crippen LogP contribution in [0, 0.1) is 0 Å². The van der Waals surface area contributed by atoms with Gasteiger partial charge in [-0.3, -0.25) is 0 Å². The highest BCUT2D eigenvalue weighted by Crippen LogP contribution is 2.41. The molecule has 1 rings (SSSR count). The van der Waals surface area contributed by atoms with Crippen molar-refractivity contribution >= 4 is 12.1 Å². The maximum atomic E-state index is 11.5. The lowest BCUT2D eigenvalue weighted by molar-refractivity contribution is -0.133. The first-order chi connectivity index (χ1) is 7.16. The van der Waals surface area contributed by atoms with Gasteiger partial charge < -0.3 is 15.2 Å².